The zero-order valence-corrected chi connectivity index (χ0v) is 18.1. The highest BCUT2D eigenvalue weighted by Crippen LogP contribution is 2.28. The number of nitrogens with one attached hydrogen (secondary N) is 1. The number of rotatable bonds is 8. The standard InChI is InChI=1S/C21H18FN5O2S2/c1-29-17-6-3-2-5-16(17)27-21(24-25-26-27)31-13-19(28)23-20(18-7-4-12-30-18)14-8-10-15(22)11-9-14/h2-12,20H,13H2,1H3,(H,23,28)/t20-/m0/s1. The Bertz CT molecular complexity index is 1150. The minimum atomic E-state index is -0.362. The number of tetrazole rings is 1. The van der Waals surface area contributed by atoms with Gasteiger partial charge < -0.3 is 10.1 Å². The first-order valence-corrected chi connectivity index (χ1v) is 11.1. The van der Waals surface area contributed by atoms with Crippen molar-refractivity contribution in [3.63, 3.8) is 0 Å². The van der Waals surface area contributed by atoms with Gasteiger partial charge in [0.1, 0.15) is 17.3 Å². The number of ether oxygens (including phenoxy) is 1. The van der Waals surface area contributed by atoms with E-state index in [0.717, 1.165) is 10.4 Å². The van der Waals surface area contributed by atoms with E-state index in [1.807, 2.05) is 41.8 Å². The predicted octanol–water partition coefficient (Wildman–Crippen LogP) is 3.87. The quantitative estimate of drug-likeness (QED) is 0.406. The number of amides is 1. The maximum absolute atomic E-state index is 13.3. The van der Waals surface area contributed by atoms with E-state index in [2.05, 4.69) is 20.8 Å². The molecule has 0 saturated carbocycles. The monoisotopic (exact) mass is 455 g/mol. The molecule has 7 nitrogen and oxygen atoms in total. The van der Waals surface area contributed by atoms with Crippen molar-refractivity contribution in [3.05, 3.63) is 82.3 Å². The minimum absolute atomic E-state index is 0.110. The van der Waals surface area contributed by atoms with E-state index in [4.69, 9.17) is 4.74 Å². The highest BCUT2D eigenvalue weighted by molar-refractivity contribution is 7.99. The van der Waals surface area contributed by atoms with Crippen molar-refractivity contribution < 1.29 is 13.9 Å². The molecule has 0 fully saturated rings. The number of benzene rings is 2. The van der Waals surface area contributed by atoms with Crippen molar-refractivity contribution in [2.45, 2.75) is 11.2 Å². The molecule has 4 aromatic rings. The van der Waals surface area contributed by atoms with Gasteiger partial charge in [0.25, 0.3) is 0 Å². The summed E-state index contributed by atoms with van der Waals surface area (Å²) in [5.74, 6) is 0.217. The average Bonchev–Trinajstić information content (AvgIpc) is 3.49. The summed E-state index contributed by atoms with van der Waals surface area (Å²) in [6, 6.07) is 17.0. The minimum Gasteiger partial charge on any atom is -0.494 e. The highest BCUT2D eigenvalue weighted by Gasteiger charge is 2.20. The van der Waals surface area contributed by atoms with E-state index in [1.54, 1.807) is 19.2 Å². The van der Waals surface area contributed by atoms with Gasteiger partial charge in [-0.25, -0.2) is 4.39 Å². The van der Waals surface area contributed by atoms with Crippen LogP contribution in [0.5, 0.6) is 5.75 Å². The van der Waals surface area contributed by atoms with E-state index in [1.165, 1.54) is 39.9 Å². The molecule has 4 rings (SSSR count). The lowest BCUT2D eigenvalue weighted by Gasteiger charge is -2.18. The molecule has 2 heterocycles. The molecule has 2 aromatic heterocycles. The first kappa shape index (κ1) is 21.0. The Morgan fingerprint density at radius 2 is 2.00 bits per heavy atom. The number of hydrogen-bond acceptors (Lipinski definition) is 7. The Kier molecular flexibility index (Phi) is 6.58. The number of aromatic nitrogens is 4. The van der Waals surface area contributed by atoms with E-state index in [-0.39, 0.29) is 23.5 Å². The van der Waals surface area contributed by atoms with Gasteiger partial charge in [0, 0.05) is 4.88 Å². The summed E-state index contributed by atoms with van der Waals surface area (Å²) in [7, 11) is 1.57. The van der Waals surface area contributed by atoms with Crippen LogP contribution in [-0.4, -0.2) is 39.0 Å². The van der Waals surface area contributed by atoms with Crippen molar-refractivity contribution in [1.29, 1.82) is 0 Å². The van der Waals surface area contributed by atoms with Crippen LogP contribution in [0.4, 0.5) is 4.39 Å². The molecule has 1 amide bonds. The molecular formula is C21H18FN5O2S2. The SMILES string of the molecule is COc1ccccc1-n1nnnc1SCC(=O)N[C@@H](c1ccc(F)cc1)c1cccs1. The summed E-state index contributed by atoms with van der Waals surface area (Å²) in [6.45, 7) is 0. The van der Waals surface area contributed by atoms with Gasteiger partial charge in [-0.3, -0.25) is 4.79 Å². The second-order valence-corrected chi connectivity index (χ2v) is 8.32. The van der Waals surface area contributed by atoms with Gasteiger partial charge in [0.15, 0.2) is 0 Å². The first-order chi connectivity index (χ1) is 15.2. The molecule has 2 aromatic carbocycles. The molecule has 0 spiro atoms. The van der Waals surface area contributed by atoms with Crippen molar-refractivity contribution in [3.8, 4) is 11.4 Å². The molecule has 0 aliphatic heterocycles. The van der Waals surface area contributed by atoms with Crippen LogP contribution in [0, 0.1) is 5.82 Å². The molecule has 158 valence electrons. The van der Waals surface area contributed by atoms with E-state index in [9.17, 15) is 9.18 Å². The number of hydrogen-bond donors (Lipinski definition) is 1. The average molecular weight is 456 g/mol. The normalized spacial score (nSPS) is 11.8. The molecule has 0 bridgehead atoms. The van der Waals surface area contributed by atoms with E-state index in [0.29, 0.717) is 16.6 Å². The number of nitrogens with zero attached hydrogens (tertiary/aromatic N) is 4. The number of carbonyl (C=O) groups excluding carboxylic acids is 1. The van der Waals surface area contributed by atoms with Gasteiger partial charge in [-0.05, 0) is 51.7 Å². The Morgan fingerprint density at radius 1 is 1.19 bits per heavy atom. The maximum atomic E-state index is 13.3. The number of carbonyl (C=O) groups is 1. The Morgan fingerprint density at radius 3 is 2.74 bits per heavy atom. The largest absolute Gasteiger partial charge is 0.494 e. The molecule has 0 saturated heterocycles. The molecule has 1 N–H and O–H groups in total. The first-order valence-electron chi connectivity index (χ1n) is 9.28. The topological polar surface area (TPSA) is 81.9 Å². The number of halogens is 1. The molecule has 31 heavy (non-hydrogen) atoms. The Balaban J connectivity index is 1.48. The molecule has 0 aliphatic rings. The smallest absolute Gasteiger partial charge is 0.231 e. The highest BCUT2D eigenvalue weighted by atomic mass is 32.2. The molecule has 0 unspecified atom stereocenters. The molecular weight excluding hydrogens is 437 g/mol. The summed E-state index contributed by atoms with van der Waals surface area (Å²) in [5, 5.41) is 17.2. The van der Waals surface area contributed by atoms with E-state index < -0.39 is 0 Å². The van der Waals surface area contributed by atoms with Crippen LogP contribution in [-0.2, 0) is 4.79 Å². The molecule has 10 heteroatoms. The fraction of sp³-hybridized carbons (Fsp3) is 0.143. The second kappa shape index (κ2) is 9.71. The fourth-order valence-corrected chi connectivity index (χ4v) is 4.48. The van der Waals surface area contributed by atoms with Gasteiger partial charge in [-0.2, -0.15) is 4.68 Å². The third-order valence-electron chi connectivity index (χ3n) is 4.42. The lowest BCUT2D eigenvalue weighted by atomic mass is 10.1. The second-order valence-electron chi connectivity index (χ2n) is 6.40. The third kappa shape index (κ3) is 4.92. The van der Waals surface area contributed by atoms with Crippen LogP contribution < -0.4 is 10.1 Å². The van der Waals surface area contributed by atoms with Crippen molar-refractivity contribution >= 4 is 29.0 Å². The fourth-order valence-electron chi connectivity index (χ4n) is 2.99. The molecule has 0 aliphatic carbocycles. The van der Waals surface area contributed by atoms with Crippen molar-refractivity contribution in [1.82, 2.24) is 25.5 Å². The van der Waals surface area contributed by atoms with Gasteiger partial charge in [-0.15, -0.1) is 16.4 Å². The lowest BCUT2D eigenvalue weighted by Crippen LogP contribution is -2.30. The number of thiophene rings is 1. The number of methoxy groups -OCH3 is 1. The Hall–Kier alpha value is -3.24. The van der Waals surface area contributed by atoms with Gasteiger partial charge in [0.2, 0.25) is 11.1 Å². The van der Waals surface area contributed by atoms with Gasteiger partial charge in [-0.1, -0.05) is 42.1 Å². The summed E-state index contributed by atoms with van der Waals surface area (Å²) in [5.41, 5.74) is 1.49. The zero-order chi connectivity index (χ0) is 21.6. The zero-order valence-electron chi connectivity index (χ0n) is 16.4. The molecule has 0 radical (unpaired) electrons. The van der Waals surface area contributed by atoms with Crippen LogP contribution in [0.3, 0.4) is 0 Å². The summed E-state index contributed by atoms with van der Waals surface area (Å²) in [6.07, 6.45) is 0. The summed E-state index contributed by atoms with van der Waals surface area (Å²) in [4.78, 5) is 13.7. The number of thioether (sulfide) groups is 1. The van der Waals surface area contributed by atoms with Gasteiger partial charge >= 0.3 is 0 Å². The maximum Gasteiger partial charge on any atom is 0.231 e. The van der Waals surface area contributed by atoms with Crippen LogP contribution in [0.25, 0.3) is 5.69 Å². The molecule has 1 atom stereocenters. The van der Waals surface area contributed by atoms with E-state index >= 15 is 0 Å². The predicted molar refractivity (Wildman–Crippen MR) is 117 cm³/mol. The van der Waals surface area contributed by atoms with Crippen molar-refractivity contribution in [2.75, 3.05) is 12.9 Å². The third-order valence-corrected chi connectivity index (χ3v) is 6.28. The van der Waals surface area contributed by atoms with Crippen LogP contribution in [0.2, 0.25) is 0 Å². The van der Waals surface area contributed by atoms with Crippen LogP contribution in [0.1, 0.15) is 16.5 Å². The van der Waals surface area contributed by atoms with Crippen molar-refractivity contribution in [2.24, 2.45) is 0 Å². The van der Waals surface area contributed by atoms with Crippen LogP contribution >= 0.6 is 23.1 Å². The van der Waals surface area contributed by atoms with Crippen LogP contribution in [0.15, 0.2) is 71.2 Å². The lowest BCUT2D eigenvalue weighted by molar-refractivity contribution is -0.119. The summed E-state index contributed by atoms with van der Waals surface area (Å²) < 4.78 is 20.3. The van der Waals surface area contributed by atoms with Gasteiger partial charge in [0.05, 0.1) is 18.9 Å². The summed E-state index contributed by atoms with van der Waals surface area (Å²) >= 11 is 2.74. The number of para-hydroxylation sites is 2. The Labute approximate surface area is 186 Å².